The van der Waals surface area contributed by atoms with E-state index < -0.39 is 23.1 Å². The second kappa shape index (κ2) is 5.00. The van der Waals surface area contributed by atoms with Gasteiger partial charge in [-0.05, 0) is 31.2 Å². The van der Waals surface area contributed by atoms with Crippen LogP contribution in [0, 0.1) is 5.92 Å². The first-order chi connectivity index (χ1) is 11.7. The molecule has 1 aromatic carbocycles. The van der Waals surface area contributed by atoms with Crippen molar-refractivity contribution in [2.75, 3.05) is 0 Å². The second-order valence-corrected chi connectivity index (χ2v) is 7.52. The lowest BCUT2D eigenvalue weighted by atomic mass is 9.55. The number of phenols is 1. The quantitative estimate of drug-likeness (QED) is 0.562. The van der Waals surface area contributed by atoms with Crippen molar-refractivity contribution in [1.29, 1.82) is 0 Å². The van der Waals surface area contributed by atoms with Gasteiger partial charge in [0.25, 0.3) is 0 Å². The fourth-order valence-electron chi connectivity index (χ4n) is 4.75. The number of aromatic hydroxyl groups is 1. The summed E-state index contributed by atoms with van der Waals surface area (Å²) in [6, 6.07) is 4.11. The molecule has 0 fully saturated rings. The Kier molecular flexibility index (Phi) is 3.29. The van der Waals surface area contributed by atoms with E-state index in [1.165, 1.54) is 18.2 Å². The number of rotatable bonds is 0. The molecule has 4 atom stereocenters. The molecule has 3 aliphatic carbocycles. The van der Waals surface area contributed by atoms with Crippen molar-refractivity contribution < 1.29 is 30.0 Å². The van der Waals surface area contributed by atoms with Crippen molar-refractivity contribution in [3.05, 3.63) is 40.5 Å². The van der Waals surface area contributed by atoms with Gasteiger partial charge in [-0.25, -0.2) is 0 Å². The molecule has 0 bridgehead atoms. The van der Waals surface area contributed by atoms with Crippen molar-refractivity contribution in [2.45, 2.75) is 49.9 Å². The van der Waals surface area contributed by atoms with Crippen molar-refractivity contribution in [1.82, 2.24) is 0 Å². The summed E-state index contributed by atoms with van der Waals surface area (Å²) in [6.07, 6.45) is -0.656. The molecule has 0 aromatic heterocycles. The van der Waals surface area contributed by atoms with Crippen molar-refractivity contribution >= 4 is 11.6 Å². The first kappa shape index (κ1) is 16.4. The molecule has 6 nitrogen and oxygen atoms in total. The van der Waals surface area contributed by atoms with Gasteiger partial charge in [0.05, 0.1) is 0 Å². The van der Waals surface area contributed by atoms with E-state index in [-0.39, 0.29) is 47.0 Å². The summed E-state index contributed by atoms with van der Waals surface area (Å²) >= 11 is 0. The van der Waals surface area contributed by atoms with Crippen LogP contribution >= 0.6 is 0 Å². The van der Waals surface area contributed by atoms with Gasteiger partial charge in [0.15, 0.2) is 11.4 Å². The number of hydrogen-bond donors (Lipinski definition) is 4. The highest BCUT2D eigenvalue weighted by Gasteiger charge is 2.68. The van der Waals surface area contributed by atoms with E-state index in [9.17, 15) is 30.0 Å². The second-order valence-electron chi connectivity index (χ2n) is 7.52. The number of carbonyl (C=O) groups is 2. The number of carbonyl (C=O) groups excluding carboxylic acids is 2. The predicted molar refractivity (Wildman–Crippen MR) is 87.0 cm³/mol. The number of allylic oxidation sites excluding steroid dienone is 1. The lowest BCUT2D eigenvalue weighted by molar-refractivity contribution is -0.184. The largest absolute Gasteiger partial charge is 0.508 e. The van der Waals surface area contributed by atoms with Gasteiger partial charge in [-0.1, -0.05) is 24.6 Å². The Morgan fingerprint density at radius 1 is 1.16 bits per heavy atom. The van der Waals surface area contributed by atoms with Crippen LogP contribution in [0.3, 0.4) is 0 Å². The number of Topliss-reactive ketones (excluding diaryl/α,β-unsaturated/α-hetero) is 2. The molecule has 132 valence electrons. The van der Waals surface area contributed by atoms with Crippen LogP contribution in [0.1, 0.15) is 54.6 Å². The van der Waals surface area contributed by atoms with Gasteiger partial charge in [0, 0.05) is 23.1 Å². The topological polar surface area (TPSA) is 115 Å². The van der Waals surface area contributed by atoms with Crippen LogP contribution in [0.4, 0.5) is 0 Å². The van der Waals surface area contributed by atoms with E-state index in [1.54, 1.807) is 0 Å². The maximum absolute atomic E-state index is 13.1. The summed E-state index contributed by atoms with van der Waals surface area (Å²) in [6.45, 7) is 1.93. The molecule has 25 heavy (non-hydrogen) atoms. The van der Waals surface area contributed by atoms with Crippen LogP contribution in [0.25, 0.3) is 0 Å². The van der Waals surface area contributed by atoms with Crippen LogP contribution < -0.4 is 0 Å². The Morgan fingerprint density at radius 3 is 2.60 bits per heavy atom. The molecule has 0 aliphatic heterocycles. The van der Waals surface area contributed by atoms with E-state index in [1.807, 2.05) is 6.92 Å². The average Bonchev–Trinajstić information content (AvgIpc) is 2.55. The zero-order chi connectivity index (χ0) is 18.1. The van der Waals surface area contributed by atoms with E-state index in [0.29, 0.717) is 18.4 Å². The number of ketones is 2. The smallest absolute Gasteiger partial charge is 0.202 e. The summed E-state index contributed by atoms with van der Waals surface area (Å²) in [5.41, 5.74) is -4.28. The summed E-state index contributed by atoms with van der Waals surface area (Å²) < 4.78 is 0. The molecule has 0 saturated heterocycles. The highest BCUT2D eigenvalue weighted by molar-refractivity contribution is 6.16. The minimum atomic E-state index is -2.49. The number of aliphatic hydroxyl groups is 3. The molecule has 0 unspecified atom stereocenters. The first-order valence-corrected chi connectivity index (χ1v) is 8.47. The Bertz CT molecular complexity index is 840. The third-order valence-corrected chi connectivity index (χ3v) is 5.94. The standard InChI is InChI=1S/C19H20O6/c1-9-7-10-5-6-18(24)17(23)14-11(3-2-4-12(14)20)16(22)19(18,25)15(10)13(21)8-9/h2-4,9,17,20,23-25H,5-8H2,1H3/t9-,17+,18-,19+/m1/s1. The van der Waals surface area contributed by atoms with Crippen molar-refractivity contribution in [3.63, 3.8) is 0 Å². The molecule has 4 rings (SSSR count). The lowest BCUT2D eigenvalue weighted by Gasteiger charge is -2.53. The molecule has 4 N–H and O–H groups in total. The normalized spacial score (nSPS) is 37.4. The Hall–Kier alpha value is -2.02. The van der Waals surface area contributed by atoms with E-state index in [0.717, 1.165) is 0 Å². The van der Waals surface area contributed by atoms with Crippen LogP contribution in [0.5, 0.6) is 5.75 Å². The van der Waals surface area contributed by atoms with Gasteiger partial charge < -0.3 is 20.4 Å². The summed E-state index contributed by atoms with van der Waals surface area (Å²) in [4.78, 5) is 25.8. The van der Waals surface area contributed by atoms with E-state index >= 15 is 0 Å². The average molecular weight is 344 g/mol. The van der Waals surface area contributed by atoms with Gasteiger partial charge in [-0.2, -0.15) is 0 Å². The van der Waals surface area contributed by atoms with Crippen LogP contribution in [-0.4, -0.2) is 43.2 Å². The fourth-order valence-corrected chi connectivity index (χ4v) is 4.75. The molecular formula is C19H20O6. The summed E-state index contributed by atoms with van der Waals surface area (Å²) in [5.74, 6) is -1.42. The Balaban J connectivity index is 2.01. The third kappa shape index (κ3) is 1.84. The fraction of sp³-hybridized carbons (Fsp3) is 0.474. The molecule has 3 aliphatic rings. The molecular weight excluding hydrogens is 324 g/mol. The zero-order valence-corrected chi connectivity index (χ0v) is 13.8. The highest BCUT2D eigenvalue weighted by atomic mass is 16.4. The molecule has 0 radical (unpaired) electrons. The number of hydrogen-bond acceptors (Lipinski definition) is 6. The van der Waals surface area contributed by atoms with Crippen LogP contribution in [0.2, 0.25) is 0 Å². The molecule has 0 amide bonds. The van der Waals surface area contributed by atoms with Crippen LogP contribution in [0.15, 0.2) is 29.3 Å². The minimum Gasteiger partial charge on any atom is -0.508 e. The monoisotopic (exact) mass is 344 g/mol. The highest BCUT2D eigenvalue weighted by Crippen LogP contribution is 2.56. The van der Waals surface area contributed by atoms with Crippen LogP contribution in [-0.2, 0) is 4.79 Å². The first-order valence-electron chi connectivity index (χ1n) is 8.47. The minimum absolute atomic E-state index is 0.0580. The SMILES string of the molecule is C[C@H]1CC(=O)C2=C(CC[C@@]3(O)[C@@H](O)c4c(O)cccc4C(=O)[C@@]23O)C1. The lowest BCUT2D eigenvalue weighted by Crippen LogP contribution is -2.68. The maximum atomic E-state index is 13.1. The van der Waals surface area contributed by atoms with Gasteiger partial charge in [-0.15, -0.1) is 0 Å². The number of fused-ring (bicyclic) bond motifs is 3. The predicted octanol–water partition coefficient (Wildman–Crippen LogP) is 1.17. The van der Waals surface area contributed by atoms with Crippen molar-refractivity contribution in [2.24, 2.45) is 5.92 Å². The van der Waals surface area contributed by atoms with Gasteiger partial charge in [0.2, 0.25) is 5.78 Å². The molecule has 0 spiro atoms. The van der Waals surface area contributed by atoms with E-state index in [2.05, 4.69) is 0 Å². The molecule has 6 heteroatoms. The van der Waals surface area contributed by atoms with Gasteiger partial charge >= 0.3 is 0 Å². The Labute approximate surface area is 144 Å². The third-order valence-electron chi connectivity index (χ3n) is 5.94. The summed E-state index contributed by atoms with van der Waals surface area (Å²) in [7, 11) is 0. The number of aliphatic hydroxyl groups excluding tert-OH is 1. The summed E-state index contributed by atoms with van der Waals surface area (Å²) in [5, 5.41) is 43.3. The number of benzene rings is 1. The molecule has 0 saturated carbocycles. The van der Waals surface area contributed by atoms with E-state index in [4.69, 9.17) is 0 Å². The molecule has 0 heterocycles. The maximum Gasteiger partial charge on any atom is 0.202 e. The van der Waals surface area contributed by atoms with Gasteiger partial charge in [-0.3, -0.25) is 9.59 Å². The van der Waals surface area contributed by atoms with Crippen molar-refractivity contribution in [3.8, 4) is 5.75 Å². The Morgan fingerprint density at radius 2 is 1.88 bits per heavy atom. The number of phenolic OH excluding ortho intramolecular Hbond substituents is 1. The zero-order valence-electron chi connectivity index (χ0n) is 13.8. The van der Waals surface area contributed by atoms with Gasteiger partial charge in [0.1, 0.15) is 17.5 Å². The molecule has 1 aromatic rings.